The van der Waals surface area contributed by atoms with Crippen molar-refractivity contribution in [3.63, 3.8) is 0 Å². The van der Waals surface area contributed by atoms with Crippen LogP contribution in [0.5, 0.6) is 0 Å². The Kier molecular flexibility index (Phi) is 2.44. The molecule has 1 unspecified atom stereocenters. The second-order valence-corrected chi connectivity index (χ2v) is 2.93. The van der Waals surface area contributed by atoms with Crippen molar-refractivity contribution >= 4 is 11.8 Å². The Morgan fingerprint density at radius 3 is 2.42 bits per heavy atom. The first-order valence-electron chi connectivity index (χ1n) is 3.88. The summed E-state index contributed by atoms with van der Waals surface area (Å²) in [6, 6.07) is 1.99. The Labute approximate surface area is 70.8 Å². The fraction of sp³-hybridized carbons (Fsp3) is 0.625. The summed E-state index contributed by atoms with van der Waals surface area (Å²) in [5.74, 6) is -0.569. The molecule has 0 aromatic carbocycles. The molecule has 64 valence electrons. The van der Waals surface area contributed by atoms with Crippen LogP contribution in [0, 0.1) is 17.2 Å². The van der Waals surface area contributed by atoms with Crippen molar-refractivity contribution in [3.05, 3.63) is 0 Å². The third-order valence-corrected chi connectivity index (χ3v) is 1.83. The molecule has 0 N–H and O–H groups in total. The average molecular weight is 166 g/mol. The number of nitrogens with zero attached hydrogens (tertiary/aromatic N) is 2. The zero-order chi connectivity index (χ0) is 9.14. The number of carbonyl (C=O) groups is 2. The SMILES string of the molecule is CC(C#N)CN1C(=O)CCC1=O. The normalized spacial score (nSPS) is 19.5. The molecule has 4 heteroatoms. The lowest BCUT2D eigenvalue weighted by atomic mass is 10.2. The Morgan fingerprint density at radius 1 is 1.50 bits per heavy atom. The summed E-state index contributed by atoms with van der Waals surface area (Å²) in [4.78, 5) is 23.2. The van der Waals surface area contributed by atoms with Crippen LogP contribution in [-0.4, -0.2) is 23.3 Å². The van der Waals surface area contributed by atoms with E-state index < -0.39 is 0 Å². The van der Waals surface area contributed by atoms with Crippen molar-refractivity contribution in [1.29, 1.82) is 5.26 Å². The first-order valence-corrected chi connectivity index (χ1v) is 3.88. The number of imide groups is 1. The minimum atomic E-state index is -0.268. The molecule has 0 bridgehead atoms. The Balaban J connectivity index is 2.57. The maximum absolute atomic E-state index is 11.0. The Hall–Kier alpha value is -1.37. The zero-order valence-corrected chi connectivity index (χ0v) is 6.91. The number of carbonyl (C=O) groups excluding carboxylic acids is 2. The van der Waals surface area contributed by atoms with Gasteiger partial charge >= 0.3 is 0 Å². The van der Waals surface area contributed by atoms with E-state index in [9.17, 15) is 9.59 Å². The monoisotopic (exact) mass is 166 g/mol. The van der Waals surface area contributed by atoms with Gasteiger partial charge in [-0.3, -0.25) is 14.5 Å². The predicted molar refractivity (Wildman–Crippen MR) is 40.7 cm³/mol. The molecule has 1 aliphatic rings. The van der Waals surface area contributed by atoms with Crippen molar-refractivity contribution in [2.24, 2.45) is 5.92 Å². The van der Waals surface area contributed by atoms with Crippen LogP contribution in [0.15, 0.2) is 0 Å². The lowest BCUT2D eigenvalue weighted by Gasteiger charge is -2.14. The van der Waals surface area contributed by atoms with E-state index in [1.54, 1.807) is 6.92 Å². The number of hydrogen-bond acceptors (Lipinski definition) is 3. The molecule has 1 rings (SSSR count). The summed E-state index contributed by atoms with van der Waals surface area (Å²) in [7, 11) is 0. The quantitative estimate of drug-likeness (QED) is 0.554. The molecule has 1 atom stereocenters. The molecule has 1 fully saturated rings. The van der Waals surface area contributed by atoms with Crippen LogP contribution in [-0.2, 0) is 9.59 Å². The second-order valence-electron chi connectivity index (χ2n) is 2.93. The number of nitriles is 1. The molecule has 1 heterocycles. The molecule has 0 spiro atoms. The molecule has 4 nitrogen and oxygen atoms in total. The van der Waals surface area contributed by atoms with E-state index in [0.29, 0.717) is 12.8 Å². The maximum Gasteiger partial charge on any atom is 0.229 e. The highest BCUT2D eigenvalue weighted by molar-refractivity contribution is 6.01. The van der Waals surface area contributed by atoms with E-state index in [1.807, 2.05) is 6.07 Å². The van der Waals surface area contributed by atoms with Crippen LogP contribution in [0.25, 0.3) is 0 Å². The van der Waals surface area contributed by atoms with Crippen LogP contribution in [0.4, 0.5) is 0 Å². The molecular weight excluding hydrogens is 156 g/mol. The molecular formula is C8H10N2O2. The summed E-state index contributed by atoms with van der Waals surface area (Å²) in [5.41, 5.74) is 0. The highest BCUT2D eigenvalue weighted by Crippen LogP contribution is 2.13. The van der Waals surface area contributed by atoms with Crippen molar-refractivity contribution in [2.75, 3.05) is 6.54 Å². The van der Waals surface area contributed by atoms with Gasteiger partial charge in [0.05, 0.1) is 12.0 Å². The van der Waals surface area contributed by atoms with Gasteiger partial charge in [0.2, 0.25) is 11.8 Å². The highest BCUT2D eigenvalue weighted by Gasteiger charge is 2.29. The second kappa shape index (κ2) is 3.35. The van der Waals surface area contributed by atoms with Gasteiger partial charge in [-0.25, -0.2) is 0 Å². The summed E-state index contributed by atoms with van der Waals surface area (Å²) < 4.78 is 0. The van der Waals surface area contributed by atoms with Gasteiger partial charge in [0.15, 0.2) is 0 Å². The van der Waals surface area contributed by atoms with Gasteiger partial charge in [0.25, 0.3) is 0 Å². The van der Waals surface area contributed by atoms with E-state index >= 15 is 0 Å². The van der Waals surface area contributed by atoms with E-state index in [2.05, 4.69) is 0 Å². The molecule has 12 heavy (non-hydrogen) atoms. The molecule has 1 aliphatic heterocycles. The van der Waals surface area contributed by atoms with Crippen LogP contribution >= 0.6 is 0 Å². The van der Waals surface area contributed by atoms with Crippen LogP contribution in [0.3, 0.4) is 0 Å². The maximum atomic E-state index is 11.0. The highest BCUT2D eigenvalue weighted by atomic mass is 16.2. The van der Waals surface area contributed by atoms with E-state index in [0.717, 1.165) is 0 Å². The summed E-state index contributed by atoms with van der Waals surface area (Å²) >= 11 is 0. The van der Waals surface area contributed by atoms with Crippen molar-refractivity contribution in [2.45, 2.75) is 19.8 Å². The van der Waals surface area contributed by atoms with Crippen molar-refractivity contribution < 1.29 is 9.59 Å². The van der Waals surface area contributed by atoms with Crippen LogP contribution in [0.1, 0.15) is 19.8 Å². The van der Waals surface area contributed by atoms with Crippen LogP contribution in [0.2, 0.25) is 0 Å². The number of hydrogen-bond donors (Lipinski definition) is 0. The minimum Gasteiger partial charge on any atom is -0.281 e. The lowest BCUT2D eigenvalue weighted by Crippen LogP contribution is -2.32. The topological polar surface area (TPSA) is 61.2 Å². The van der Waals surface area contributed by atoms with E-state index in [-0.39, 0.29) is 24.3 Å². The summed E-state index contributed by atoms with van der Waals surface area (Å²) in [6.45, 7) is 1.94. The predicted octanol–water partition coefficient (Wildman–Crippen LogP) is 0.295. The third-order valence-electron chi connectivity index (χ3n) is 1.83. The zero-order valence-electron chi connectivity index (χ0n) is 6.91. The van der Waals surface area contributed by atoms with Crippen molar-refractivity contribution in [1.82, 2.24) is 4.90 Å². The largest absolute Gasteiger partial charge is 0.281 e. The van der Waals surface area contributed by atoms with Crippen LogP contribution < -0.4 is 0 Å². The van der Waals surface area contributed by atoms with Gasteiger partial charge in [-0.15, -0.1) is 0 Å². The van der Waals surface area contributed by atoms with Gasteiger partial charge in [-0.1, -0.05) is 0 Å². The van der Waals surface area contributed by atoms with E-state index in [1.165, 1.54) is 4.90 Å². The first kappa shape index (κ1) is 8.72. The van der Waals surface area contributed by atoms with Gasteiger partial charge in [-0.05, 0) is 6.92 Å². The minimum absolute atomic E-state index is 0.151. The Morgan fingerprint density at radius 2 is 2.00 bits per heavy atom. The molecule has 1 saturated heterocycles. The third kappa shape index (κ3) is 1.62. The Bertz CT molecular complexity index is 238. The average Bonchev–Trinajstić information content (AvgIpc) is 2.35. The van der Waals surface area contributed by atoms with E-state index in [4.69, 9.17) is 5.26 Å². The number of amides is 2. The standard InChI is InChI=1S/C8H10N2O2/c1-6(4-9)5-10-7(11)2-3-8(10)12/h6H,2-3,5H2,1H3. The molecule has 0 aliphatic carbocycles. The lowest BCUT2D eigenvalue weighted by molar-refractivity contribution is -0.138. The molecule has 0 aromatic rings. The molecule has 0 radical (unpaired) electrons. The van der Waals surface area contributed by atoms with Gasteiger partial charge in [-0.2, -0.15) is 5.26 Å². The fourth-order valence-electron chi connectivity index (χ4n) is 1.14. The number of rotatable bonds is 2. The van der Waals surface area contributed by atoms with Gasteiger partial charge in [0, 0.05) is 19.4 Å². The molecule has 0 aromatic heterocycles. The number of likely N-dealkylation sites (tertiary alicyclic amines) is 1. The first-order chi connectivity index (χ1) is 5.65. The molecule has 2 amide bonds. The fourth-order valence-corrected chi connectivity index (χ4v) is 1.14. The van der Waals surface area contributed by atoms with Gasteiger partial charge in [0.1, 0.15) is 0 Å². The summed E-state index contributed by atoms with van der Waals surface area (Å²) in [5, 5.41) is 8.47. The molecule has 0 saturated carbocycles. The van der Waals surface area contributed by atoms with Gasteiger partial charge < -0.3 is 0 Å². The summed E-state index contributed by atoms with van der Waals surface area (Å²) in [6.07, 6.45) is 0.605. The van der Waals surface area contributed by atoms with Crippen molar-refractivity contribution in [3.8, 4) is 6.07 Å². The smallest absolute Gasteiger partial charge is 0.229 e.